The van der Waals surface area contributed by atoms with Crippen LogP contribution in [0.5, 0.6) is 0 Å². The second-order valence-corrected chi connectivity index (χ2v) is 9.36. The van der Waals surface area contributed by atoms with E-state index in [9.17, 15) is 18.4 Å². The van der Waals surface area contributed by atoms with E-state index in [-0.39, 0.29) is 17.6 Å². The van der Waals surface area contributed by atoms with Crippen molar-refractivity contribution in [1.82, 2.24) is 10.3 Å². The molecule has 0 unspecified atom stereocenters. The molecule has 2 aliphatic rings. The van der Waals surface area contributed by atoms with E-state index in [1.165, 1.54) is 19.2 Å². The van der Waals surface area contributed by atoms with Crippen LogP contribution in [0.25, 0.3) is 0 Å². The third-order valence-corrected chi connectivity index (χ3v) is 6.68. The highest BCUT2D eigenvalue weighted by molar-refractivity contribution is 6.00. The number of aromatic nitrogens is 1. The summed E-state index contributed by atoms with van der Waals surface area (Å²) >= 11 is 0. The lowest BCUT2D eigenvalue weighted by atomic mass is 10.0. The molecule has 0 radical (unpaired) electrons. The van der Waals surface area contributed by atoms with Crippen molar-refractivity contribution in [3.8, 4) is 0 Å². The minimum Gasteiger partial charge on any atom is -0.465 e. The number of methoxy groups -OCH3 is 1. The molecule has 2 aromatic carbocycles. The highest BCUT2D eigenvalue weighted by Crippen LogP contribution is 2.46. The molecule has 5 rings (SSSR count). The number of rotatable bonds is 7. The van der Waals surface area contributed by atoms with Crippen LogP contribution >= 0.6 is 0 Å². The standard InChI is InChI=1S/C27H26F2N4O3/c1-16-11-21(25(34)32-27(9-10-27)18-5-3-17(4-6-18)26(35)36-2)24(30-13-16)33-14-20(15-33)31-23-8-7-19(28)12-22(23)29/h3-8,11-13,20,31H,9-10,14-15H2,1-2H3,(H,32,34). The monoisotopic (exact) mass is 492 g/mol. The quantitative estimate of drug-likeness (QED) is 0.482. The van der Waals surface area contributed by atoms with E-state index >= 15 is 0 Å². The van der Waals surface area contributed by atoms with Crippen molar-refractivity contribution in [2.24, 2.45) is 0 Å². The molecule has 1 saturated carbocycles. The van der Waals surface area contributed by atoms with Crippen molar-refractivity contribution in [1.29, 1.82) is 0 Å². The number of anilines is 2. The molecule has 1 aromatic heterocycles. The van der Waals surface area contributed by atoms with Gasteiger partial charge < -0.3 is 20.3 Å². The Morgan fingerprint density at radius 3 is 2.44 bits per heavy atom. The van der Waals surface area contributed by atoms with Crippen LogP contribution in [-0.4, -0.2) is 43.1 Å². The molecule has 1 amide bonds. The number of carbonyl (C=O) groups excluding carboxylic acids is 2. The Balaban J connectivity index is 1.28. The highest BCUT2D eigenvalue weighted by Gasteiger charge is 2.46. The Morgan fingerprint density at radius 1 is 1.08 bits per heavy atom. The first-order valence-corrected chi connectivity index (χ1v) is 11.7. The van der Waals surface area contributed by atoms with Gasteiger partial charge in [-0.2, -0.15) is 0 Å². The summed E-state index contributed by atoms with van der Waals surface area (Å²) in [5, 5.41) is 6.25. The number of esters is 1. The first-order valence-electron chi connectivity index (χ1n) is 11.7. The van der Waals surface area contributed by atoms with Crippen LogP contribution in [0.3, 0.4) is 0 Å². The molecule has 2 fully saturated rings. The summed E-state index contributed by atoms with van der Waals surface area (Å²) in [6.45, 7) is 2.92. The van der Waals surface area contributed by atoms with Gasteiger partial charge in [0.1, 0.15) is 17.5 Å². The smallest absolute Gasteiger partial charge is 0.337 e. The van der Waals surface area contributed by atoms with E-state index in [0.717, 1.165) is 30.0 Å². The Hall–Kier alpha value is -4.01. The normalized spacial score (nSPS) is 16.2. The number of hydrogen-bond donors (Lipinski definition) is 2. The van der Waals surface area contributed by atoms with Crippen LogP contribution in [0.2, 0.25) is 0 Å². The van der Waals surface area contributed by atoms with Crippen LogP contribution in [0.4, 0.5) is 20.3 Å². The lowest BCUT2D eigenvalue weighted by molar-refractivity contribution is 0.0600. The fourth-order valence-electron chi connectivity index (χ4n) is 4.49. The van der Waals surface area contributed by atoms with Gasteiger partial charge in [-0.05, 0) is 61.2 Å². The first kappa shape index (κ1) is 23.7. The molecule has 2 heterocycles. The molecule has 1 aliphatic carbocycles. The highest BCUT2D eigenvalue weighted by atomic mass is 19.1. The topological polar surface area (TPSA) is 83.6 Å². The molecule has 36 heavy (non-hydrogen) atoms. The third-order valence-electron chi connectivity index (χ3n) is 6.68. The summed E-state index contributed by atoms with van der Waals surface area (Å²) < 4.78 is 31.9. The molecule has 0 spiro atoms. The number of amides is 1. The minimum absolute atomic E-state index is 0.0629. The van der Waals surface area contributed by atoms with Gasteiger partial charge in [0, 0.05) is 25.4 Å². The lowest BCUT2D eigenvalue weighted by Crippen LogP contribution is -2.56. The molecule has 1 aliphatic heterocycles. The van der Waals surface area contributed by atoms with E-state index in [4.69, 9.17) is 4.74 Å². The van der Waals surface area contributed by atoms with E-state index in [0.29, 0.717) is 30.0 Å². The molecule has 2 N–H and O–H groups in total. The Bertz CT molecular complexity index is 1320. The van der Waals surface area contributed by atoms with Gasteiger partial charge in [0.15, 0.2) is 0 Å². The summed E-state index contributed by atoms with van der Waals surface area (Å²) in [4.78, 5) is 31.6. The average molecular weight is 493 g/mol. The third kappa shape index (κ3) is 4.60. The molecule has 0 atom stereocenters. The van der Waals surface area contributed by atoms with Gasteiger partial charge in [-0.25, -0.2) is 18.6 Å². The maximum atomic E-state index is 14.0. The van der Waals surface area contributed by atoms with Gasteiger partial charge in [0.05, 0.1) is 35.5 Å². The summed E-state index contributed by atoms with van der Waals surface area (Å²) in [6, 6.07) is 12.3. The summed E-state index contributed by atoms with van der Waals surface area (Å²) in [5.74, 6) is -1.34. The van der Waals surface area contributed by atoms with Gasteiger partial charge in [-0.1, -0.05) is 12.1 Å². The number of hydrogen-bond acceptors (Lipinski definition) is 6. The van der Waals surface area contributed by atoms with Crippen LogP contribution in [-0.2, 0) is 10.3 Å². The molecule has 1 saturated heterocycles. The lowest BCUT2D eigenvalue weighted by Gasteiger charge is -2.41. The van der Waals surface area contributed by atoms with Crippen molar-refractivity contribution in [2.45, 2.75) is 31.3 Å². The number of nitrogens with one attached hydrogen (secondary N) is 2. The maximum absolute atomic E-state index is 14.0. The second kappa shape index (κ2) is 9.22. The predicted molar refractivity (Wildman–Crippen MR) is 131 cm³/mol. The molecule has 9 heteroatoms. The zero-order valence-corrected chi connectivity index (χ0v) is 20.0. The molecular weight excluding hydrogens is 466 g/mol. The van der Waals surface area contributed by atoms with Gasteiger partial charge in [0.25, 0.3) is 5.91 Å². The minimum atomic E-state index is -0.642. The molecule has 186 valence electrons. The van der Waals surface area contributed by atoms with Crippen LogP contribution in [0.1, 0.15) is 44.7 Å². The molecule has 0 bridgehead atoms. The van der Waals surface area contributed by atoms with E-state index in [1.54, 1.807) is 18.3 Å². The van der Waals surface area contributed by atoms with Gasteiger partial charge in [0.2, 0.25) is 0 Å². The Kier molecular flexibility index (Phi) is 6.07. The fourth-order valence-corrected chi connectivity index (χ4v) is 4.49. The SMILES string of the molecule is COC(=O)c1ccc(C2(NC(=O)c3cc(C)cnc3N3CC(Nc4ccc(F)cc4F)C3)CC2)cc1. The van der Waals surface area contributed by atoms with Crippen LogP contribution in [0.15, 0.2) is 54.7 Å². The van der Waals surface area contributed by atoms with Crippen LogP contribution < -0.4 is 15.5 Å². The van der Waals surface area contributed by atoms with Gasteiger partial charge in [-0.3, -0.25) is 4.79 Å². The summed E-state index contributed by atoms with van der Waals surface area (Å²) in [6.07, 6.45) is 3.30. The maximum Gasteiger partial charge on any atom is 0.337 e. The van der Waals surface area contributed by atoms with E-state index < -0.39 is 23.1 Å². The van der Waals surface area contributed by atoms with Gasteiger partial charge >= 0.3 is 5.97 Å². The number of benzene rings is 2. The Morgan fingerprint density at radius 2 is 1.81 bits per heavy atom. The molecular formula is C27H26F2N4O3. The number of aryl methyl sites for hydroxylation is 1. The number of pyridine rings is 1. The summed E-state index contributed by atoms with van der Waals surface area (Å²) in [7, 11) is 1.34. The molecule has 7 nitrogen and oxygen atoms in total. The van der Waals surface area contributed by atoms with Crippen molar-refractivity contribution in [3.63, 3.8) is 0 Å². The largest absolute Gasteiger partial charge is 0.465 e. The van der Waals surface area contributed by atoms with E-state index in [2.05, 4.69) is 15.6 Å². The van der Waals surface area contributed by atoms with E-state index in [1.807, 2.05) is 30.0 Å². The van der Waals surface area contributed by atoms with Crippen LogP contribution in [0, 0.1) is 18.6 Å². The zero-order chi connectivity index (χ0) is 25.4. The average Bonchev–Trinajstić information content (AvgIpc) is 3.62. The number of halogens is 2. The zero-order valence-electron chi connectivity index (χ0n) is 20.0. The van der Waals surface area contributed by atoms with Crippen molar-refractivity contribution in [3.05, 3.63) is 88.6 Å². The van der Waals surface area contributed by atoms with Crippen molar-refractivity contribution in [2.75, 3.05) is 30.4 Å². The Labute approximate surface area is 207 Å². The number of ether oxygens (including phenoxy) is 1. The number of carbonyl (C=O) groups is 2. The second-order valence-electron chi connectivity index (χ2n) is 9.36. The molecule has 3 aromatic rings. The van der Waals surface area contributed by atoms with Crippen molar-refractivity contribution >= 4 is 23.4 Å². The first-order chi connectivity index (χ1) is 17.3. The van der Waals surface area contributed by atoms with Gasteiger partial charge in [-0.15, -0.1) is 0 Å². The summed E-state index contributed by atoms with van der Waals surface area (Å²) in [5.41, 5.74) is 2.48. The fraction of sp³-hybridized carbons (Fsp3) is 0.296. The number of nitrogens with zero attached hydrogens (tertiary/aromatic N) is 2. The predicted octanol–water partition coefficient (Wildman–Crippen LogP) is 4.17. The van der Waals surface area contributed by atoms with Crippen molar-refractivity contribution < 1.29 is 23.1 Å².